The molecule has 228 valence electrons. The molecule has 0 unspecified atom stereocenters. The summed E-state index contributed by atoms with van der Waals surface area (Å²) in [5.74, 6) is -1.34. The van der Waals surface area contributed by atoms with Crippen molar-refractivity contribution in [3.8, 4) is 0 Å². The lowest BCUT2D eigenvalue weighted by Gasteiger charge is -2.52. The van der Waals surface area contributed by atoms with E-state index in [4.69, 9.17) is 23.2 Å². The first kappa shape index (κ1) is 29.4. The van der Waals surface area contributed by atoms with E-state index in [1.807, 2.05) is 7.05 Å². The lowest BCUT2D eigenvalue weighted by atomic mass is 9.51. The number of pyridine rings is 1. The van der Waals surface area contributed by atoms with E-state index >= 15 is 4.39 Å². The molecular weight excluding hydrogens is 588 g/mol. The molecule has 1 amide bonds. The highest BCUT2D eigenvalue weighted by molar-refractivity contribution is 6.31. The highest BCUT2D eigenvalue weighted by atomic mass is 35.5. The minimum atomic E-state index is -1.26. The smallest absolute Gasteiger partial charge is 0.237 e. The van der Waals surface area contributed by atoms with Crippen molar-refractivity contribution in [2.75, 3.05) is 12.4 Å². The Morgan fingerprint density at radius 3 is 2.37 bits per heavy atom. The Morgan fingerprint density at radius 1 is 1.05 bits per heavy atom. The first-order valence-corrected chi connectivity index (χ1v) is 16.4. The molecule has 4 saturated carbocycles. The van der Waals surface area contributed by atoms with Crippen molar-refractivity contribution in [1.82, 2.24) is 9.88 Å². The number of anilines is 1. The fourth-order valence-electron chi connectivity index (χ4n) is 10.2. The molecule has 2 aromatic rings. The number of hydrogen-bond acceptors (Lipinski definition) is 5. The van der Waals surface area contributed by atoms with Gasteiger partial charge in [-0.3, -0.25) is 19.3 Å². The van der Waals surface area contributed by atoms with E-state index in [0.29, 0.717) is 36.1 Å². The molecule has 9 heteroatoms. The Hall–Kier alpha value is -2.35. The van der Waals surface area contributed by atoms with Gasteiger partial charge in [-0.1, -0.05) is 54.6 Å². The molecule has 6 aliphatic rings. The first-order valence-electron chi connectivity index (χ1n) is 15.7. The van der Waals surface area contributed by atoms with E-state index in [1.165, 1.54) is 6.07 Å². The van der Waals surface area contributed by atoms with E-state index in [-0.39, 0.29) is 38.5 Å². The van der Waals surface area contributed by atoms with Crippen molar-refractivity contribution in [2.45, 2.75) is 107 Å². The summed E-state index contributed by atoms with van der Waals surface area (Å²) in [4.78, 5) is 48.6. The third-order valence-corrected chi connectivity index (χ3v) is 13.0. The van der Waals surface area contributed by atoms with Gasteiger partial charge in [0, 0.05) is 40.7 Å². The predicted octanol–water partition coefficient (Wildman–Crippen LogP) is 7.41. The van der Waals surface area contributed by atoms with Crippen LogP contribution in [0.1, 0.15) is 101 Å². The van der Waals surface area contributed by atoms with E-state index in [2.05, 4.69) is 15.2 Å². The summed E-state index contributed by atoms with van der Waals surface area (Å²) in [6, 6.07) is 5.82. The lowest BCUT2D eigenvalue weighted by molar-refractivity contribution is -0.139. The monoisotopic (exact) mass is 625 g/mol. The summed E-state index contributed by atoms with van der Waals surface area (Å²) in [5, 5.41) is 3.32. The number of likely N-dealkylation sites (N-methyl/N-ethyl adjacent to an activating group) is 1. The fourth-order valence-corrected chi connectivity index (χ4v) is 10.6. The standard InChI is InChI=1S/C34H38Cl2FN3O3/c1-20(41)32-14-11-31(12-15-32,13-16-32)18-25(42)29-27(21-7-6-8-23(35)28(21)37)34(33(40(29)2)9-4-3-5-10-33)22-19-38-26(36)17-24(22)39-30(34)43/h6-8,17,19,27,29H,3-5,9-16,18H2,1-2H3,(H,39,43)/t27-,29-,31?,32?,34+/m0/s1. The van der Waals surface area contributed by atoms with Crippen LogP contribution in [0, 0.1) is 16.6 Å². The largest absolute Gasteiger partial charge is 0.325 e. The number of rotatable bonds is 5. The van der Waals surface area contributed by atoms with Crippen molar-refractivity contribution in [2.24, 2.45) is 10.8 Å². The minimum Gasteiger partial charge on any atom is -0.325 e. The molecule has 3 heterocycles. The van der Waals surface area contributed by atoms with Gasteiger partial charge in [-0.15, -0.1) is 0 Å². The van der Waals surface area contributed by atoms with Crippen molar-refractivity contribution in [3.63, 3.8) is 0 Å². The highest BCUT2D eigenvalue weighted by Crippen LogP contribution is 2.67. The van der Waals surface area contributed by atoms with Gasteiger partial charge >= 0.3 is 0 Å². The molecule has 1 aromatic carbocycles. The van der Waals surface area contributed by atoms with E-state index in [0.717, 1.165) is 57.8 Å². The number of halogens is 3. The topological polar surface area (TPSA) is 79.4 Å². The van der Waals surface area contributed by atoms with Gasteiger partial charge in [0.1, 0.15) is 22.2 Å². The van der Waals surface area contributed by atoms with Crippen LogP contribution in [0.5, 0.6) is 0 Å². The zero-order valence-electron chi connectivity index (χ0n) is 24.8. The molecule has 1 N–H and O–H groups in total. The zero-order valence-corrected chi connectivity index (χ0v) is 26.3. The molecule has 4 aliphatic carbocycles. The van der Waals surface area contributed by atoms with Crippen LogP contribution in [0.25, 0.3) is 0 Å². The predicted molar refractivity (Wildman–Crippen MR) is 164 cm³/mol. The third-order valence-electron chi connectivity index (χ3n) is 12.5. The van der Waals surface area contributed by atoms with Crippen molar-refractivity contribution in [3.05, 3.63) is 57.6 Å². The molecule has 0 radical (unpaired) electrons. The summed E-state index contributed by atoms with van der Waals surface area (Å²) in [7, 11) is 1.97. The Kier molecular flexibility index (Phi) is 6.88. The van der Waals surface area contributed by atoms with E-state index < -0.39 is 28.7 Å². The van der Waals surface area contributed by atoms with Crippen LogP contribution >= 0.6 is 23.2 Å². The average Bonchev–Trinajstić information content (AvgIpc) is 3.40. The Labute approximate surface area is 262 Å². The van der Waals surface area contributed by atoms with Gasteiger partial charge in [-0.25, -0.2) is 9.37 Å². The van der Waals surface area contributed by atoms with Crippen LogP contribution in [0.15, 0.2) is 30.5 Å². The van der Waals surface area contributed by atoms with Crippen LogP contribution in [-0.2, 0) is 19.8 Å². The summed E-state index contributed by atoms with van der Waals surface area (Å²) < 4.78 is 16.2. The van der Waals surface area contributed by atoms with Gasteiger partial charge in [0.25, 0.3) is 0 Å². The summed E-state index contributed by atoms with van der Waals surface area (Å²) in [5.41, 5.74) is -0.862. The van der Waals surface area contributed by atoms with Gasteiger partial charge in [-0.2, -0.15) is 0 Å². The Morgan fingerprint density at radius 2 is 1.72 bits per heavy atom. The number of ketones is 2. The molecule has 1 aromatic heterocycles. The van der Waals surface area contributed by atoms with Crippen molar-refractivity contribution >= 4 is 46.4 Å². The van der Waals surface area contributed by atoms with E-state index in [1.54, 1.807) is 31.3 Å². The molecule has 2 spiro atoms. The van der Waals surface area contributed by atoms with Gasteiger partial charge in [0.2, 0.25) is 5.91 Å². The number of aromatic nitrogens is 1. The van der Waals surface area contributed by atoms with Gasteiger partial charge in [-0.05, 0) is 88.4 Å². The molecule has 1 saturated heterocycles. The second-order valence-corrected chi connectivity index (χ2v) is 14.9. The molecule has 3 atom stereocenters. The molecule has 2 aliphatic heterocycles. The summed E-state index contributed by atoms with van der Waals surface area (Å²) in [6.45, 7) is 1.71. The van der Waals surface area contributed by atoms with Crippen LogP contribution in [-0.4, -0.2) is 46.0 Å². The molecule has 6 nitrogen and oxygen atoms in total. The first-order chi connectivity index (χ1) is 20.5. The number of carbonyl (C=O) groups is 3. The van der Waals surface area contributed by atoms with Crippen molar-refractivity contribution in [1.29, 1.82) is 0 Å². The number of likely N-dealkylation sites (tertiary alicyclic amines) is 1. The maximum Gasteiger partial charge on any atom is 0.237 e. The number of hydrogen-bond donors (Lipinski definition) is 1. The Bertz CT molecular complexity index is 1510. The number of nitrogens with one attached hydrogen (secondary N) is 1. The van der Waals surface area contributed by atoms with Gasteiger partial charge < -0.3 is 5.32 Å². The molecule has 2 bridgehead atoms. The number of fused-ring (bicyclic) bond motifs is 6. The zero-order chi connectivity index (χ0) is 30.4. The SMILES string of the molecule is CC(=O)C12CCC(CC(=O)[C@H]3[C@H](c4cccc(Cl)c4F)[C@]4(C(=O)Nc5cc(Cl)ncc54)C4(CCCCC4)N3C)(CC1)CC2. The maximum absolute atomic E-state index is 16.2. The Balaban J connectivity index is 1.40. The third kappa shape index (κ3) is 3.93. The highest BCUT2D eigenvalue weighted by Gasteiger charge is 2.75. The summed E-state index contributed by atoms with van der Waals surface area (Å²) in [6.07, 6.45) is 11.2. The number of nitrogens with zero attached hydrogens (tertiary/aromatic N) is 2. The molecular formula is C34H38Cl2FN3O3. The number of Topliss-reactive ketones (excluding diaryl/α,β-unsaturated/α-hetero) is 2. The van der Waals surface area contributed by atoms with Gasteiger partial charge in [0.15, 0.2) is 5.78 Å². The fraction of sp³-hybridized carbons (Fsp3) is 0.588. The average molecular weight is 627 g/mol. The summed E-state index contributed by atoms with van der Waals surface area (Å²) >= 11 is 12.7. The minimum absolute atomic E-state index is 0.0299. The number of benzene rings is 1. The van der Waals surface area contributed by atoms with Crippen LogP contribution in [0.3, 0.4) is 0 Å². The van der Waals surface area contributed by atoms with Gasteiger partial charge in [0.05, 0.1) is 11.1 Å². The quantitative estimate of drug-likeness (QED) is 0.350. The second kappa shape index (κ2) is 10.1. The maximum atomic E-state index is 16.2. The number of carbonyl (C=O) groups excluding carboxylic acids is 3. The lowest BCUT2D eigenvalue weighted by Crippen LogP contribution is -2.60. The molecule has 43 heavy (non-hydrogen) atoms. The van der Waals surface area contributed by atoms with Crippen LogP contribution in [0.2, 0.25) is 10.2 Å². The second-order valence-electron chi connectivity index (χ2n) is 14.1. The molecule has 5 fully saturated rings. The number of amides is 1. The van der Waals surface area contributed by atoms with Crippen LogP contribution in [0.4, 0.5) is 10.1 Å². The van der Waals surface area contributed by atoms with Crippen LogP contribution < -0.4 is 5.32 Å². The normalized spacial score (nSPS) is 34.5. The van der Waals surface area contributed by atoms with E-state index in [9.17, 15) is 14.4 Å². The molecule has 8 rings (SSSR count). The van der Waals surface area contributed by atoms with Crippen molar-refractivity contribution < 1.29 is 18.8 Å².